The van der Waals surface area contributed by atoms with Gasteiger partial charge in [0.15, 0.2) is 0 Å². The molecular formula is C20H20FNO6. The van der Waals surface area contributed by atoms with Gasteiger partial charge >= 0.3 is 5.97 Å². The number of piperidine rings is 1. The van der Waals surface area contributed by atoms with E-state index >= 15 is 0 Å². The third kappa shape index (κ3) is 3.50. The fraction of sp³-hybridized carbons (Fsp3) is 0.300. The van der Waals surface area contributed by atoms with Crippen molar-refractivity contribution in [1.29, 1.82) is 0 Å². The van der Waals surface area contributed by atoms with E-state index in [4.69, 9.17) is 0 Å². The van der Waals surface area contributed by atoms with Crippen molar-refractivity contribution < 1.29 is 34.4 Å². The van der Waals surface area contributed by atoms with Crippen molar-refractivity contribution in [1.82, 2.24) is 4.90 Å². The van der Waals surface area contributed by atoms with Gasteiger partial charge in [-0.2, -0.15) is 0 Å². The topological polar surface area (TPSA) is 118 Å². The second kappa shape index (κ2) is 7.47. The van der Waals surface area contributed by atoms with Crippen LogP contribution in [0, 0.1) is 11.2 Å². The van der Waals surface area contributed by atoms with Gasteiger partial charge in [-0.15, -0.1) is 0 Å². The van der Waals surface area contributed by atoms with Crippen LogP contribution < -0.4 is 0 Å². The van der Waals surface area contributed by atoms with Gasteiger partial charge in [-0.3, -0.25) is 9.59 Å². The van der Waals surface area contributed by atoms with Gasteiger partial charge in [-0.05, 0) is 42.7 Å². The molecule has 0 aromatic heterocycles. The number of hydrogen-bond acceptors (Lipinski definition) is 5. The highest BCUT2D eigenvalue weighted by atomic mass is 19.1. The summed E-state index contributed by atoms with van der Waals surface area (Å²) in [6.07, 6.45) is -1.33. The van der Waals surface area contributed by atoms with E-state index in [9.17, 15) is 34.4 Å². The first kappa shape index (κ1) is 19.6. The van der Waals surface area contributed by atoms with Gasteiger partial charge in [-0.25, -0.2) is 4.39 Å². The Morgan fingerprint density at radius 3 is 2.29 bits per heavy atom. The summed E-state index contributed by atoms with van der Waals surface area (Å²) in [5, 5.41) is 40.2. The molecule has 0 unspecified atom stereocenters. The largest absolute Gasteiger partial charge is 0.507 e. The summed E-state index contributed by atoms with van der Waals surface area (Å²) in [4.78, 5) is 26.2. The molecule has 0 radical (unpaired) electrons. The Morgan fingerprint density at radius 2 is 1.71 bits per heavy atom. The maximum absolute atomic E-state index is 13.2. The quantitative estimate of drug-likeness (QED) is 0.633. The number of benzene rings is 2. The fourth-order valence-corrected chi connectivity index (χ4v) is 3.58. The summed E-state index contributed by atoms with van der Waals surface area (Å²) >= 11 is 0. The lowest BCUT2D eigenvalue weighted by Gasteiger charge is -2.43. The lowest BCUT2D eigenvalue weighted by Crippen LogP contribution is -2.58. The van der Waals surface area contributed by atoms with Crippen molar-refractivity contribution in [2.24, 2.45) is 5.41 Å². The molecule has 1 aliphatic rings. The molecule has 4 N–H and O–H groups in total. The van der Waals surface area contributed by atoms with Gasteiger partial charge in [-0.1, -0.05) is 18.2 Å². The number of carbonyl (C=O) groups excluding carboxylic acids is 1. The average molecular weight is 389 g/mol. The molecule has 1 aliphatic heterocycles. The van der Waals surface area contributed by atoms with E-state index in [1.807, 2.05) is 0 Å². The molecule has 7 nitrogen and oxygen atoms in total. The molecule has 0 saturated carbocycles. The van der Waals surface area contributed by atoms with E-state index < -0.39 is 40.7 Å². The van der Waals surface area contributed by atoms with Crippen LogP contribution in [0.2, 0.25) is 0 Å². The van der Waals surface area contributed by atoms with E-state index in [1.54, 1.807) is 0 Å². The molecule has 1 saturated heterocycles. The lowest BCUT2D eigenvalue weighted by atomic mass is 9.72. The molecule has 0 bridgehead atoms. The van der Waals surface area contributed by atoms with Crippen molar-refractivity contribution in [3.05, 3.63) is 59.4 Å². The van der Waals surface area contributed by atoms with E-state index in [0.29, 0.717) is 5.56 Å². The van der Waals surface area contributed by atoms with Gasteiger partial charge in [0.05, 0.1) is 6.10 Å². The lowest BCUT2D eigenvalue weighted by molar-refractivity contribution is -0.161. The van der Waals surface area contributed by atoms with Crippen LogP contribution in [0.1, 0.15) is 22.3 Å². The van der Waals surface area contributed by atoms with Crippen LogP contribution >= 0.6 is 0 Å². The Bertz CT molecular complexity index is 880. The maximum atomic E-state index is 13.2. The van der Waals surface area contributed by atoms with Crippen molar-refractivity contribution >= 4 is 11.9 Å². The zero-order valence-electron chi connectivity index (χ0n) is 14.9. The van der Waals surface area contributed by atoms with Gasteiger partial charge in [0.1, 0.15) is 28.3 Å². The number of aromatic hydroxyl groups is 2. The molecule has 1 heterocycles. The number of carbonyl (C=O) groups is 2. The molecule has 8 heteroatoms. The smallest absolute Gasteiger partial charge is 0.314 e. The van der Waals surface area contributed by atoms with Crippen LogP contribution in [0.4, 0.5) is 4.39 Å². The second-order valence-corrected chi connectivity index (χ2v) is 6.97. The summed E-state index contributed by atoms with van der Waals surface area (Å²) in [5.74, 6) is -3.33. The molecule has 2 aromatic rings. The molecule has 1 amide bonds. The number of likely N-dealkylation sites (tertiary alicyclic amines) is 1. The Kier molecular flexibility index (Phi) is 5.24. The second-order valence-electron chi connectivity index (χ2n) is 6.97. The summed E-state index contributed by atoms with van der Waals surface area (Å²) in [5.41, 5.74) is -1.52. The van der Waals surface area contributed by atoms with Gasteiger partial charge in [0.25, 0.3) is 5.91 Å². The zero-order chi connectivity index (χ0) is 20.5. The number of hydrogen-bond donors (Lipinski definition) is 4. The number of rotatable bonds is 4. The molecule has 0 aliphatic carbocycles. The van der Waals surface area contributed by atoms with Gasteiger partial charge in [0, 0.05) is 13.1 Å². The van der Waals surface area contributed by atoms with E-state index in [0.717, 1.165) is 0 Å². The zero-order valence-corrected chi connectivity index (χ0v) is 14.9. The molecular weight excluding hydrogens is 369 g/mol. The molecule has 2 aromatic carbocycles. The highest BCUT2D eigenvalue weighted by molar-refractivity contribution is 5.99. The fourth-order valence-electron chi connectivity index (χ4n) is 3.58. The monoisotopic (exact) mass is 389 g/mol. The van der Waals surface area contributed by atoms with Crippen molar-refractivity contribution in [3.8, 4) is 11.5 Å². The Labute approximate surface area is 160 Å². The highest BCUT2D eigenvalue weighted by Gasteiger charge is 2.50. The highest BCUT2D eigenvalue weighted by Crippen LogP contribution is 2.37. The minimum atomic E-state index is -1.70. The molecule has 0 spiro atoms. The number of nitrogens with zero attached hydrogens (tertiary/aromatic N) is 1. The predicted octanol–water partition coefficient (Wildman–Crippen LogP) is 1.76. The van der Waals surface area contributed by atoms with Crippen molar-refractivity contribution in [2.45, 2.75) is 18.9 Å². The van der Waals surface area contributed by atoms with E-state index in [2.05, 4.69) is 0 Å². The van der Waals surface area contributed by atoms with Crippen LogP contribution in [-0.4, -0.2) is 56.4 Å². The first-order chi connectivity index (χ1) is 13.2. The Balaban J connectivity index is 1.93. The minimum Gasteiger partial charge on any atom is -0.507 e. The van der Waals surface area contributed by atoms with Crippen LogP contribution in [0.5, 0.6) is 11.5 Å². The molecule has 28 heavy (non-hydrogen) atoms. The number of amides is 1. The van der Waals surface area contributed by atoms with Crippen LogP contribution in [0.15, 0.2) is 42.5 Å². The molecule has 1 fully saturated rings. The SMILES string of the molecule is O=C(c1c(O)cccc1O)N1CC[C@H](O)[C@](Cc2ccc(F)cc2)(C(=O)O)C1. The van der Waals surface area contributed by atoms with Crippen LogP contribution in [0.3, 0.4) is 0 Å². The number of phenolic OH excluding ortho intramolecular Hbond substituents is 2. The number of aliphatic hydroxyl groups is 1. The van der Waals surface area contributed by atoms with E-state index in [-0.39, 0.29) is 31.5 Å². The maximum Gasteiger partial charge on any atom is 0.314 e. The molecule has 2 atom stereocenters. The molecule has 148 valence electrons. The predicted molar refractivity (Wildman–Crippen MR) is 96.5 cm³/mol. The number of aliphatic hydroxyl groups excluding tert-OH is 1. The third-order valence-corrected chi connectivity index (χ3v) is 5.16. The summed E-state index contributed by atoms with van der Waals surface area (Å²) in [7, 11) is 0. The van der Waals surface area contributed by atoms with Gasteiger partial charge in [0.2, 0.25) is 0 Å². The summed E-state index contributed by atoms with van der Waals surface area (Å²) < 4.78 is 13.2. The normalized spacial score (nSPS) is 22.1. The van der Waals surface area contributed by atoms with E-state index in [1.165, 1.54) is 47.4 Å². The number of phenols is 2. The first-order valence-corrected chi connectivity index (χ1v) is 8.71. The summed E-state index contributed by atoms with van der Waals surface area (Å²) in [6.45, 7) is -0.264. The third-order valence-electron chi connectivity index (χ3n) is 5.16. The van der Waals surface area contributed by atoms with Crippen molar-refractivity contribution in [2.75, 3.05) is 13.1 Å². The molecule has 3 rings (SSSR count). The van der Waals surface area contributed by atoms with Crippen molar-refractivity contribution in [3.63, 3.8) is 0 Å². The number of halogens is 1. The number of carboxylic acids is 1. The van der Waals surface area contributed by atoms with Crippen LogP contribution in [-0.2, 0) is 11.2 Å². The van der Waals surface area contributed by atoms with Gasteiger partial charge < -0.3 is 25.3 Å². The number of aliphatic carboxylic acids is 1. The Hall–Kier alpha value is -3.13. The number of carboxylic acid groups (broad SMARTS) is 1. The Morgan fingerprint density at radius 1 is 1.11 bits per heavy atom. The summed E-state index contributed by atoms with van der Waals surface area (Å²) in [6, 6.07) is 9.12. The first-order valence-electron chi connectivity index (χ1n) is 8.71. The minimum absolute atomic E-state index is 0.00753. The van der Waals surface area contributed by atoms with Crippen LogP contribution in [0.25, 0.3) is 0 Å². The standard InChI is InChI=1S/C20H20FNO6/c21-13-6-4-12(5-7-13)10-20(19(27)28)11-22(9-8-16(20)25)18(26)17-14(23)2-1-3-15(17)24/h1-7,16,23-25H,8-11H2,(H,27,28)/t16-,20+/m0/s1. The average Bonchev–Trinajstić information content (AvgIpc) is 2.65.